The molecule has 1 aromatic carbocycles. The highest BCUT2D eigenvalue weighted by molar-refractivity contribution is 5.37. The predicted molar refractivity (Wildman–Crippen MR) is 72.2 cm³/mol. The maximum Gasteiger partial charge on any atom is 0.0409 e. The van der Waals surface area contributed by atoms with E-state index in [-0.39, 0.29) is 5.54 Å². The van der Waals surface area contributed by atoms with Crippen molar-refractivity contribution in [2.75, 3.05) is 6.54 Å². The van der Waals surface area contributed by atoms with Crippen LogP contribution in [-0.2, 0) is 5.54 Å². The molecule has 0 bridgehead atoms. The maximum absolute atomic E-state index is 3.71. The minimum atomic E-state index is 0.235. The Morgan fingerprint density at radius 3 is 2.59 bits per heavy atom. The van der Waals surface area contributed by atoms with Gasteiger partial charge in [0.05, 0.1) is 0 Å². The van der Waals surface area contributed by atoms with Crippen molar-refractivity contribution in [1.29, 1.82) is 0 Å². The van der Waals surface area contributed by atoms with E-state index in [0.717, 1.165) is 5.92 Å². The van der Waals surface area contributed by atoms with Crippen LogP contribution in [0, 0.1) is 0 Å². The van der Waals surface area contributed by atoms with Gasteiger partial charge in [-0.25, -0.2) is 0 Å². The molecular formula is C16H23N. The number of nitrogens with one attached hydrogen (secondary N) is 1. The van der Waals surface area contributed by atoms with Crippen LogP contribution in [0.4, 0.5) is 0 Å². The highest BCUT2D eigenvalue weighted by Gasteiger charge is 2.33. The molecule has 1 aromatic rings. The fraction of sp³-hybridized carbons (Fsp3) is 0.625. The lowest BCUT2D eigenvalue weighted by Gasteiger charge is -2.29. The first-order valence-corrected chi connectivity index (χ1v) is 7.14. The molecule has 0 radical (unpaired) electrons. The van der Waals surface area contributed by atoms with Crippen molar-refractivity contribution in [1.82, 2.24) is 5.32 Å². The van der Waals surface area contributed by atoms with Crippen LogP contribution in [0.15, 0.2) is 24.3 Å². The molecule has 3 rings (SSSR count). The standard InChI is InChI=1S/C16H23N/c1-16(11-6-12-17-16)15-10-5-4-9-14(15)13-7-2-3-8-13/h4-5,9-10,13,17H,2-3,6-8,11-12H2,1H3. The van der Waals surface area contributed by atoms with E-state index in [9.17, 15) is 0 Å². The second-order valence-electron chi connectivity index (χ2n) is 5.93. The quantitative estimate of drug-likeness (QED) is 0.810. The first kappa shape index (κ1) is 11.3. The van der Waals surface area contributed by atoms with Crippen LogP contribution in [0.5, 0.6) is 0 Å². The van der Waals surface area contributed by atoms with E-state index < -0.39 is 0 Å². The average Bonchev–Trinajstić information content (AvgIpc) is 3.00. The summed E-state index contributed by atoms with van der Waals surface area (Å²) in [5, 5.41) is 3.71. The largest absolute Gasteiger partial charge is 0.308 e. The molecule has 1 nitrogen and oxygen atoms in total. The second-order valence-corrected chi connectivity index (χ2v) is 5.93. The summed E-state index contributed by atoms with van der Waals surface area (Å²) < 4.78 is 0. The van der Waals surface area contributed by atoms with E-state index in [0.29, 0.717) is 0 Å². The molecule has 1 heteroatoms. The van der Waals surface area contributed by atoms with Crippen molar-refractivity contribution in [3.8, 4) is 0 Å². The zero-order valence-electron chi connectivity index (χ0n) is 10.8. The van der Waals surface area contributed by atoms with E-state index in [4.69, 9.17) is 0 Å². The van der Waals surface area contributed by atoms with Gasteiger partial charge >= 0.3 is 0 Å². The third-order valence-electron chi connectivity index (χ3n) is 4.72. The monoisotopic (exact) mass is 229 g/mol. The Kier molecular flexibility index (Phi) is 2.96. The first-order chi connectivity index (χ1) is 8.30. The lowest BCUT2D eigenvalue weighted by atomic mass is 9.82. The minimum Gasteiger partial charge on any atom is -0.308 e. The zero-order valence-corrected chi connectivity index (χ0v) is 10.8. The van der Waals surface area contributed by atoms with Gasteiger partial charge in [-0.05, 0) is 56.2 Å². The molecule has 1 aliphatic carbocycles. The highest BCUT2D eigenvalue weighted by atomic mass is 15.0. The van der Waals surface area contributed by atoms with Crippen molar-refractivity contribution in [2.24, 2.45) is 0 Å². The maximum atomic E-state index is 3.71. The summed E-state index contributed by atoms with van der Waals surface area (Å²) in [6.45, 7) is 3.56. The van der Waals surface area contributed by atoms with E-state index in [1.54, 1.807) is 11.1 Å². The first-order valence-electron chi connectivity index (χ1n) is 7.14. The van der Waals surface area contributed by atoms with Gasteiger partial charge in [0, 0.05) is 5.54 Å². The lowest BCUT2D eigenvalue weighted by Crippen LogP contribution is -2.34. The molecule has 2 aliphatic rings. The van der Waals surface area contributed by atoms with Gasteiger partial charge in [0.25, 0.3) is 0 Å². The second kappa shape index (κ2) is 4.45. The van der Waals surface area contributed by atoms with Gasteiger partial charge in [-0.2, -0.15) is 0 Å². The lowest BCUT2D eigenvalue weighted by molar-refractivity contribution is 0.427. The molecule has 1 unspecified atom stereocenters. The van der Waals surface area contributed by atoms with Gasteiger partial charge < -0.3 is 5.32 Å². The molecule has 1 atom stereocenters. The van der Waals surface area contributed by atoms with Crippen LogP contribution >= 0.6 is 0 Å². The molecule has 0 spiro atoms. The molecule has 17 heavy (non-hydrogen) atoms. The number of benzene rings is 1. The topological polar surface area (TPSA) is 12.0 Å². The van der Waals surface area contributed by atoms with Crippen LogP contribution in [0.2, 0.25) is 0 Å². The van der Waals surface area contributed by atoms with Crippen LogP contribution in [0.25, 0.3) is 0 Å². The summed E-state index contributed by atoms with van der Waals surface area (Å²) in [5.74, 6) is 0.824. The third kappa shape index (κ3) is 2.01. The van der Waals surface area contributed by atoms with Gasteiger partial charge in [-0.15, -0.1) is 0 Å². The van der Waals surface area contributed by atoms with Crippen LogP contribution in [0.3, 0.4) is 0 Å². The summed E-state index contributed by atoms with van der Waals surface area (Å²) in [6.07, 6.45) is 8.23. The molecule has 1 N–H and O–H groups in total. The molecule has 1 aliphatic heterocycles. The van der Waals surface area contributed by atoms with E-state index >= 15 is 0 Å². The third-order valence-corrected chi connectivity index (χ3v) is 4.72. The predicted octanol–water partition coefficient (Wildman–Crippen LogP) is 3.94. The number of rotatable bonds is 2. The van der Waals surface area contributed by atoms with Gasteiger partial charge in [-0.1, -0.05) is 37.1 Å². The van der Waals surface area contributed by atoms with Gasteiger partial charge in [0.1, 0.15) is 0 Å². The molecular weight excluding hydrogens is 206 g/mol. The van der Waals surface area contributed by atoms with E-state index in [1.165, 1.54) is 45.1 Å². The smallest absolute Gasteiger partial charge is 0.0409 e. The Labute approximate surface area is 105 Å². The van der Waals surface area contributed by atoms with Gasteiger partial charge in [0.2, 0.25) is 0 Å². The summed E-state index contributed by atoms with van der Waals surface area (Å²) >= 11 is 0. The summed E-state index contributed by atoms with van der Waals surface area (Å²) in [5.41, 5.74) is 3.44. The minimum absolute atomic E-state index is 0.235. The van der Waals surface area contributed by atoms with Crippen molar-refractivity contribution < 1.29 is 0 Å². The average molecular weight is 229 g/mol. The zero-order chi connectivity index (χ0) is 11.7. The van der Waals surface area contributed by atoms with Crippen LogP contribution < -0.4 is 5.32 Å². The molecule has 1 saturated heterocycles. The molecule has 0 aromatic heterocycles. The van der Waals surface area contributed by atoms with E-state index in [1.807, 2.05) is 0 Å². The molecule has 1 heterocycles. The van der Waals surface area contributed by atoms with Crippen LogP contribution in [0.1, 0.15) is 62.5 Å². The Hall–Kier alpha value is -0.820. The summed E-state index contributed by atoms with van der Waals surface area (Å²) in [6, 6.07) is 9.15. The van der Waals surface area contributed by atoms with Crippen LogP contribution in [-0.4, -0.2) is 6.54 Å². The SMILES string of the molecule is CC1(c2ccccc2C2CCCC2)CCCN1. The molecule has 1 saturated carbocycles. The molecule has 0 amide bonds. The Balaban J connectivity index is 1.97. The Morgan fingerprint density at radius 2 is 1.88 bits per heavy atom. The normalized spacial score (nSPS) is 29.9. The van der Waals surface area contributed by atoms with Crippen molar-refractivity contribution in [3.63, 3.8) is 0 Å². The van der Waals surface area contributed by atoms with Gasteiger partial charge in [-0.3, -0.25) is 0 Å². The Morgan fingerprint density at radius 1 is 1.12 bits per heavy atom. The Bertz CT molecular complexity index is 384. The fourth-order valence-corrected chi connectivity index (χ4v) is 3.72. The van der Waals surface area contributed by atoms with Crippen molar-refractivity contribution in [3.05, 3.63) is 35.4 Å². The molecule has 92 valence electrons. The fourth-order valence-electron chi connectivity index (χ4n) is 3.72. The summed E-state index contributed by atoms with van der Waals surface area (Å²) in [7, 11) is 0. The van der Waals surface area contributed by atoms with Crippen molar-refractivity contribution >= 4 is 0 Å². The van der Waals surface area contributed by atoms with Crippen molar-refractivity contribution in [2.45, 2.75) is 56.9 Å². The number of hydrogen-bond acceptors (Lipinski definition) is 1. The van der Waals surface area contributed by atoms with Gasteiger partial charge in [0.15, 0.2) is 0 Å². The highest BCUT2D eigenvalue weighted by Crippen LogP contribution is 2.41. The van der Waals surface area contributed by atoms with E-state index in [2.05, 4.69) is 36.5 Å². The molecule has 2 fully saturated rings. The number of hydrogen-bond donors (Lipinski definition) is 1. The summed E-state index contributed by atoms with van der Waals surface area (Å²) in [4.78, 5) is 0.